The van der Waals surface area contributed by atoms with Crippen LogP contribution in [-0.2, 0) is 10.0 Å². The largest absolute Gasteiger partial charge is 0.329 e. The summed E-state index contributed by atoms with van der Waals surface area (Å²) in [5.74, 6) is -0.148. The fourth-order valence-electron chi connectivity index (χ4n) is 3.36. The van der Waals surface area contributed by atoms with Crippen LogP contribution >= 0.6 is 0 Å². The van der Waals surface area contributed by atoms with Crippen LogP contribution in [0.5, 0.6) is 0 Å². The summed E-state index contributed by atoms with van der Waals surface area (Å²) in [5.41, 5.74) is 1.47. The Balaban J connectivity index is 1.92. The average molecular weight is 388 g/mol. The summed E-state index contributed by atoms with van der Waals surface area (Å²) >= 11 is 0. The highest BCUT2D eigenvalue weighted by Gasteiger charge is 2.31. The van der Waals surface area contributed by atoms with E-state index in [0.29, 0.717) is 18.7 Å². The van der Waals surface area contributed by atoms with Crippen LogP contribution in [-0.4, -0.2) is 57.4 Å². The van der Waals surface area contributed by atoms with Crippen molar-refractivity contribution >= 4 is 15.9 Å². The van der Waals surface area contributed by atoms with E-state index in [1.165, 1.54) is 12.1 Å². The molecule has 1 amide bonds. The number of sulfonamides is 1. The quantitative estimate of drug-likeness (QED) is 0.853. The van der Waals surface area contributed by atoms with E-state index < -0.39 is 10.0 Å². The maximum Gasteiger partial charge on any atom is 0.254 e. The van der Waals surface area contributed by atoms with E-state index >= 15 is 0 Å². The third-order valence-electron chi connectivity index (χ3n) is 4.75. The van der Waals surface area contributed by atoms with E-state index in [4.69, 9.17) is 0 Å². The van der Waals surface area contributed by atoms with Crippen LogP contribution in [0.1, 0.15) is 28.9 Å². The zero-order chi connectivity index (χ0) is 19.4. The molecule has 6 nitrogen and oxygen atoms in total. The lowest BCUT2D eigenvalue weighted by molar-refractivity contribution is 0.0498. The van der Waals surface area contributed by atoms with Gasteiger partial charge in [-0.25, -0.2) is 13.1 Å². The lowest BCUT2D eigenvalue weighted by atomic mass is 10.0. The monoisotopic (exact) mass is 387 g/mol. The maximum absolute atomic E-state index is 13.2. The minimum absolute atomic E-state index is 0.0634. The van der Waals surface area contributed by atoms with Crippen LogP contribution in [0, 0.1) is 0 Å². The SMILES string of the molecule is CCNS(=O)(=O)c1cccc(C(=O)N2CCN(C)CC2c2ccccc2)c1. The molecule has 1 aliphatic heterocycles. The average Bonchev–Trinajstić information content (AvgIpc) is 2.68. The highest BCUT2D eigenvalue weighted by atomic mass is 32.2. The van der Waals surface area contributed by atoms with Gasteiger partial charge >= 0.3 is 0 Å². The number of piperazine rings is 1. The third kappa shape index (κ3) is 4.37. The molecule has 27 heavy (non-hydrogen) atoms. The highest BCUT2D eigenvalue weighted by Crippen LogP contribution is 2.27. The fourth-order valence-corrected chi connectivity index (χ4v) is 4.44. The van der Waals surface area contributed by atoms with Gasteiger partial charge in [-0.2, -0.15) is 0 Å². The summed E-state index contributed by atoms with van der Waals surface area (Å²) < 4.78 is 27.0. The van der Waals surface area contributed by atoms with Gasteiger partial charge in [-0.1, -0.05) is 43.3 Å². The second kappa shape index (κ2) is 8.21. The molecule has 1 saturated heterocycles. The molecule has 0 radical (unpaired) electrons. The standard InChI is InChI=1S/C20H25N3O3S/c1-3-21-27(25,26)18-11-7-10-17(14-18)20(24)23-13-12-22(2)15-19(23)16-8-5-4-6-9-16/h4-11,14,19,21H,3,12-13,15H2,1-2H3. The molecule has 1 N–H and O–H groups in total. The van der Waals surface area contributed by atoms with Crippen molar-refractivity contribution in [3.05, 3.63) is 65.7 Å². The van der Waals surface area contributed by atoms with Gasteiger partial charge in [0.05, 0.1) is 10.9 Å². The molecular weight excluding hydrogens is 362 g/mol. The number of carbonyl (C=O) groups is 1. The van der Waals surface area contributed by atoms with Gasteiger partial charge in [0, 0.05) is 31.7 Å². The number of hydrogen-bond donors (Lipinski definition) is 1. The highest BCUT2D eigenvalue weighted by molar-refractivity contribution is 7.89. The van der Waals surface area contributed by atoms with Crippen LogP contribution in [0.2, 0.25) is 0 Å². The number of likely N-dealkylation sites (N-methyl/N-ethyl adjacent to an activating group) is 1. The molecule has 2 aromatic rings. The second-order valence-corrected chi connectivity index (χ2v) is 8.48. The van der Waals surface area contributed by atoms with Gasteiger partial charge in [-0.3, -0.25) is 4.79 Å². The smallest absolute Gasteiger partial charge is 0.254 e. The summed E-state index contributed by atoms with van der Waals surface area (Å²) in [6, 6.07) is 16.1. The van der Waals surface area contributed by atoms with Gasteiger partial charge < -0.3 is 9.80 Å². The molecule has 0 spiro atoms. The summed E-state index contributed by atoms with van der Waals surface area (Å²) in [6.45, 7) is 4.14. The predicted octanol–water partition coefficient (Wildman–Crippen LogP) is 2.11. The van der Waals surface area contributed by atoms with Crippen molar-refractivity contribution in [2.45, 2.75) is 17.9 Å². The molecule has 1 fully saturated rings. The van der Waals surface area contributed by atoms with Gasteiger partial charge in [0.15, 0.2) is 0 Å². The van der Waals surface area contributed by atoms with Crippen molar-refractivity contribution < 1.29 is 13.2 Å². The van der Waals surface area contributed by atoms with E-state index in [-0.39, 0.29) is 16.8 Å². The molecule has 0 saturated carbocycles. The second-order valence-electron chi connectivity index (χ2n) is 6.72. The molecule has 7 heteroatoms. The van der Waals surface area contributed by atoms with Gasteiger partial charge in [-0.15, -0.1) is 0 Å². The molecule has 1 atom stereocenters. The number of rotatable bonds is 5. The summed E-state index contributed by atoms with van der Waals surface area (Å²) in [4.78, 5) is 17.4. The number of hydrogen-bond acceptors (Lipinski definition) is 4. The molecule has 144 valence electrons. The zero-order valence-corrected chi connectivity index (χ0v) is 16.4. The van der Waals surface area contributed by atoms with Crippen LogP contribution in [0.15, 0.2) is 59.5 Å². The Morgan fingerprint density at radius 2 is 1.85 bits per heavy atom. The Labute approximate surface area is 160 Å². The van der Waals surface area contributed by atoms with Crippen molar-refractivity contribution in [2.75, 3.05) is 33.2 Å². The Kier molecular flexibility index (Phi) is 5.94. The molecule has 1 heterocycles. The van der Waals surface area contributed by atoms with Crippen LogP contribution in [0.3, 0.4) is 0 Å². The van der Waals surface area contributed by atoms with Gasteiger partial charge in [0.2, 0.25) is 10.0 Å². The summed E-state index contributed by atoms with van der Waals surface area (Å²) in [6.07, 6.45) is 0. The lowest BCUT2D eigenvalue weighted by Gasteiger charge is -2.40. The number of amides is 1. The fraction of sp³-hybridized carbons (Fsp3) is 0.350. The zero-order valence-electron chi connectivity index (χ0n) is 15.6. The van der Waals surface area contributed by atoms with Crippen molar-refractivity contribution in [3.63, 3.8) is 0 Å². The summed E-state index contributed by atoms with van der Waals surface area (Å²) in [5, 5.41) is 0. The van der Waals surface area contributed by atoms with Gasteiger partial charge in [-0.05, 0) is 30.8 Å². The van der Waals surface area contributed by atoms with E-state index in [9.17, 15) is 13.2 Å². The molecule has 0 aromatic heterocycles. The first kappa shape index (κ1) is 19.5. The first-order chi connectivity index (χ1) is 12.9. The van der Waals surface area contributed by atoms with Crippen molar-refractivity contribution in [1.29, 1.82) is 0 Å². The number of carbonyl (C=O) groups excluding carboxylic acids is 1. The molecular formula is C20H25N3O3S. The molecule has 0 aliphatic carbocycles. The van der Waals surface area contributed by atoms with Crippen LogP contribution in [0.4, 0.5) is 0 Å². The van der Waals surface area contributed by atoms with Crippen LogP contribution < -0.4 is 4.72 Å². The van der Waals surface area contributed by atoms with Crippen molar-refractivity contribution in [1.82, 2.24) is 14.5 Å². The van der Waals surface area contributed by atoms with E-state index in [1.54, 1.807) is 19.1 Å². The first-order valence-corrected chi connectivity index (χ1v) is 10.5. The minimum Gasteiger partial charge on any atom is -0.329 e. The lowest BCUT2D eigenvalue weighted by Crippen LogP contribution is -2.49. The topological polar surface area (TPSA) is 69.7 Å². The number of nitrogens with one attached hydrogen (secondary N) is 1. The normalized spacial score (nSPS) is 18.4. The Morgan fingerprint density at radius 3 is 2.56 bits per heavy atom. The number of nitrogens with zero attached hydrogens (tertiary/aromatic N) is 2. The molecule has 1 aliphatic rings. The van der Waals surface area contributed by atoms with E-state index in [1.807, 2.05) is 42.3 Å². The van der Waals surface area contributed by atoms with Gasteiger partial charge in [0.1, 0.15) is 0 Å². The molecule has 0 bridgehead atoms. The molecule has 3 rings (SSSR count). The molecule has 2 aromatic carbocycles. The third-order valence-corrected chi connectivity index (χ3v) is 6.30. The number of benzene rings is 2. The minimum atomic E-state index is -3.60. The van der Waals surface area contributed by atoms with Crippen molar-refractivity contribution in [3.8, 4) is 0 Å². The van der Waals surface area contributed by atoms with E-state index in [2.05, 4.69) is 9.62 Å². The first-order valence-electron chi connectivity index (χ1n) is 9.06. The molecule has 1 unspecified atom stereocenters. The van der Waals surface area contributed by atoms with Crippen LogP contribution in [0.25, 0.3) is 0 Å². The maximum atomic E-state index is 13.2. The Hall–Kier alpha value is -2.22. The van der Waals surface area contributed by atoms with Crippen molar-refractivity contribution in [2.24, 2.45) is 0 Å². The van der Waals surface area contributed by atoms with E-state index in [0.717, 1.165) is 18.7 Å². The predicted molar refractivity (Wildman–Crippen MR) is 105 cm³/mol. The van der Waals surface area contributed by atoms with Gasteiger partial charge in [0.25, 0.3) is 5.91 Å². The Bertz CT molecular complexity index is 900. The Morgan fingerprint density at radius 1 is 1.11 bits per heavy atom. The summed E-state index contributed by atoms with van der Waals surface area (Å²) in [7, 11) is -1.56.